The summed E-state index contributed by atoms with van der Waals surface area (Å²) in [7, 11) is 0. The van der Waals surface area contributed by atoms with Crippen molar-refractivity contribution in [2.75, 3.05) is 26.2 Å². The molecule has 0 aromatic heterocycles. The second-order valence-corrected chi connectivity index (χ2v) is 6.06. The van der Waals surface area contributed by atoms with E-state index in [1.165, 1.54) is 6.42 Å². The van der Waals surface area contributed by atoms with Crippen LogP contribution in [0.15, 0.2) is 0 Å². The van der Waals surface area contributed by atoms with Crippen LogP contribution in [0.1, 0.15) is 33.6 Å². The van der Waals surface area contributed by atoms with Gasteiger partial charge < -0.3 is 15.2 Å². The van der Waals surface area contributed by atoms with Crippen LogP contribution in [-0.2, 0) is 9.47 Å². The van der Waals surface area contributed by atoms with E-state index in [0.717, 1.165) is 26.1 Å². The van der Waals surface area contributed by atoms with Gasteiger partial charge in [-0.25, -0.2) is 0 Å². The molecule has 0 aliphatic carbocycles. The Balaban J connectivity index is 1.82. The number of ether oxygens (including phenoxy) is 2. The first-order chi connectivity index (χ1) is 7.98. The van der Waals surface area contributed by atoms with Gasteiger partial charge in [-0.3, -0.25) is 4.90 Å². The van der Waals surface area contributed by atoms with Gasteiger partial charge in [0.15, 0.2) is 0 Å². The molecule has 3 atom stereocenters. The van der Waals surface area contributed by atoms with E-state index < -0.39 is 0 Å². The molecular weight excluding hydrogens is 216 g/mol. The van der Waals surface area contributed by atoms with Crippen molar-refractivity contribution in [3.63, 3.8) is 0 Å². The third kappa shape index (κ3) is 3.65. The van der Waals surface area contributed by atoms with Crippen LogP contribution in [0, 0.1) is 0 Å². The van der Waals surface area contributed by atoms with Gasteiger partial charge in [-0.15, -0.1) is 0 Å². The molecule has 0 amide bonds. The van der Waals surface area contributed by atoms with E-state index in [1.807, 2.05) is 0 Å². The third-order valence-corrected chi connectivity index (χ3v) is 3.68. The topological polar surface area (TPSA) is 47.7 Å². The van der Waals surface area contributed by atoms with Crippen LogP contribution in [0.4, 0.5) is 0 Å². The molecule has 0 aromatic carbocycles. The van der Waals surface area contributed by atoms with Crippen LogP contribution in [0.5, 0.6) is 0 Å². The molecule has 3 unspecified atom stereocenters. The van der Waals surface area contributed by atoms with Crippen molar-refractivity contribution in [3.8, 4) is 0 Å². The lowest BCUT2D eigenvalue weighted by Gasteiger charge is -2.37. The molecule has 2 N–H and O–H groups in total. The maximum Gasteiger partial charge on any atom is 0.0828 e. The average Bonchev–Trinajstić information content (AvgIpc) is 2.57. The van der Waals surface area contributed by atoms with Gasteiger partial charge in [-0.1, -0.05) is 0 Å². The maximum absolute atomic E-state index is 6.04. The predicted octanol–water partition coefficient (Wildman–Crippen LogP) is 0.992. The van der Waals surface area contributed by atoms with Crippen molar-refractivity contribution in [2.45, 2.75) is 57.5 Å². The summed E-state index contributed by atoms with van der Waals surface area (Å²) in [4.78, 5) is 2.44. The molecule has 4 heteroatoms. The van der Waals surface area contributed by atoms with Crippen LogP contribution in [0.25, 0.3) is 0 Å². The van der Waals surface area contributed by atoms with E-state index in [2.05, 4.69) is 25.7 Å². The van der Waals surface area contributed by atoms with E-state index in [0.29, 0.717) is 12.6 Å². The van der Waals surface area contributed by atoms with Crippen LogP contribution < -0.4 is 5.73 Å². The predicted molar refractivity (Wildman–Crippen MR) is 68.0 cm³/mol. The quantitative estimate of drug-likeness (QED) is 0.802. The fourth-order valence-corrected chi connectivity index (χ4v) is 2.91. The summed E-state index contributed by atoms with van der Waals surface area (Å²) in [5, 5.41) is 0. The normalized spacial score (nSPS) is 38.5. The first kappa shape index (κ1) is 13.3. The minimum Gasteiger partial charge on any atom is -0.371 e. The minimum atomic E-state index is 0.0653. The second kappa shape index (κ2) is 5.22. The number of hydrogen-bond donors (Lipinski definition) is 1. The highest BCUT2D eigenvalue weighted by Crippen LogP contribution is 2.30. The van der Waals surface area contributed by atoms with Crippen LogP contribution >= 0.6 is 0 Å². The van der Waals surface area contributed by atoms with E-state index in [-0.39, 0.29) is 17.8 Å². The van der Waals surface area contributed by atoms with Crippen molar-refractivity contribution in [1.82, 2.24) is 4.90 Å². The SMILES string of the molecule is CC1CN(CC2CCC(C)(C)O2)CC(CN)O1. The number of nitrogens with zero attached hydrogens (tertiary/aromatic N) is 1. The molecule has 2 heterocycles. The summed E-state index contributed by atoms with van der Waals surface area (Å²) in [6.07, 6.45) is 3.19. The fraction of sp³-hybridized carbons (Fsp3) is 1.00. The molecule has 0 aromatic rings. The largest absolute Gasteiger partial charge is 0.371 e. The molecule has 2 fully saturated rings. The highest BCUT2D eigenvalue weighted by Gasteiger charge is 2.34. The molecule has 0 saturated carbocycles. The van der Waals surface area contributed by atoms with Crippen molar-refractivity contribution < 1.29 is 9.47 Å². The fourth-order valence-electron chi connectivity index (χ4n) is 2.91. The van der Waals surface area contributed by atoms with Gasteiger partial charge in [0.05, 0.1) is 23.9 Å². The standard InChI is InChI=1S/C13H26N2O2/c1-10-7-15(9-12(6-14)16-10)8-11-4-5-13(2,3)17-11/h10-12H,4-9,14H2,1-3H3. The van der Waals surface area contributed by atoms with E-state index in [1.54, 1.807) is 0 Å². The summed E-state index contributed by atoms with van der Waals surface area (Å²) < 4.78 is 11.8. The Bertz CT molecular complexity index is 258. The molecular formula is C13H26N2O2. The van der Waals surface area contributed by atoms with Gasteiger partial charge in [0, 0.05) is 26.2 Å². The molecule has 2 rings (SSSR count). The van der Waals surface area contributed by atoms with Crippen LogP contribution in [0.2, 0.25) is 0 Å². The first-order valence-electron chi connectivity index (χ1n) is 6.74. The van der Waals surface area contributed by atoms with Crippen molar-refractivity contribution >= 4 is 0 Å². The van der Waals surface area contributed by atoms with Crippen molar-refractivity contribution in [1.29, 1.82) is 0 Å². The lowest BCUT2D eigenvalue weighted by Crippen LogP contribution is -2.51. The molecule has 0 bridgehead atoms. The zero-order chi connectivity index (χ0) is 12.5. The maximum atomic E-state index is 6.04. The molecule has 0 spiro atoms. The molecule has 100 valence electrons. The molecule has 17 heavy (non-hydrogen) atoms. The van der Waals surface area contributed by atoms with Gasteiger partial charge in [0.1, 0.15) is 0 Å². The van der Waals surface area contributed by atoms with E-state index in [4.69, 9.17) is 15.2 Å². The number of hydrogen-bond acceptors (Lipinski definition) is 4. The monoisotopic (exact) mass is 242 g/mol. The molecule has 2 aliphatic rings. The Morgan fingerprint density at radius 3 is 2.65 bits per heavy atom. The Morgan fingerprint density at radius 2 is 2.06 bits per heavy atom. The minimum absolute atomic E-state index is 0.0653. The zero-order valence-corrected chi connectivity index (χ0v) is 11.3. The Kier molecular flexibility index (Phi) is 4.08. The Labute approximate surface area is 104 Å². The van der Waals surface area contributed by atoms with E-state index in [9.17, 15) is 0 Å². The van der Waals surface area contributed by atoms with Gasteiger partial charge >= 0.3 is 0 Å². The highest BCUT2D eigenvalue weighted by atomic mass is 16.5. The molecule has 2 saturated heterocycles. The summed E-state index contributed by atoms with van der Waals surface area (Å²) in [6.45, 7) is 10.0. The number of rotatable bonds is 3. The molecule has 2 aliphatic heterocycles. The molecule has 0 radical (unpaired) electrons. The summed E-state index contributed by atoms with van der Waals surface area (Å²) >= 11 is 0. The third-order valence-electron chi connectivity index (χ3n) is 3.68. The van der Waals surface area contributed by atoms with Gasteiger partial charge in [-0.2, -0.15) is 0 Å². The lowest BCUT2D eigenvalue weighted by atomic mass is 10.1. The number of morpholine rings is 1. The van der Waals surface area contributed by atoms with E-state index >= 15 is 0 Å². The number of nitrogens with two attached hydrogens (primary N) is 1. The summed E-state index contributed by atoms with van der Waals surface area (Å²) in [5.41, 5.74) is 5.76. The summed E-state index contributed by atoms with van der Waals surface area (Å²) in [5.74, 6) is 0. The Hall–Kier alpha value is -0.160. The lowest BCUT2D eigenvalue weighted by molar-refractivity contribution is -0.0913. The highest BCUT2D eigenvalue weighted by molar-refractivity contribution is 4.85. The Morgan fingerprint density at radius 1 is 1.29 bits per heavy atom. The van der Waals surface area contributed by atoms with Crippen molar-refractivity contribution in [2.24, 2.45) is 5.73 Å². The first-order valence-corrected chi connectivity index (χ1v) is 6.74. The average molecular weight is 242 g/mol. The smallest absolute Gasteiger partial charge is 0.0828 e. The van der Waals surface area contributed by atoms with Crippen molar-refractivity contribution in [3.05, 3.63) is 0 Å². The van der Waals surface area contributed by atoms with Gasteiger partial charge in [0.2, 0.25) is 0 Å². The van der Waals surface area contributed by atoms with Crippen LogP contribution in [-0.4, -0.2) is 55.0 Å². The molecule has 4 nitrogen and oxygen atoms in total. The van der Waals surface area contributed by atoms with Gasteiger partial charge in [-0.05, 0) is 33.6 Å². The summed E-state index contributed by atoms with van der Waals surface area (Å²) in [6, 6.07) is 0. The van der Waals surface area contributed by atoms with Crippen LogP contribution in [0.3, 0.4) is 0 Å². The zero-order valence-electron chi connectivity index (χ0n) is 11.3. The van der Waals surface area contributed by atoms with Gasteiger partial charge in [0.25, 0.3) is 0 Å². The second-order valence-electron chi connectivity index (χ2n) is 6.06.